The Balaban J connectivity index is 3.22. The van der Waals surface area contributed by atoms with Crippen molar-refractivity contribution >= 4 is 0 Å². The normalized spacial score (nSPS) is 13.8. The van der Waals surface area contributed by atoms with Gasteiger partial charge in [0.25, 0.3) is 0 Å². The van der Waals surface area contributed by atoms with Crippen LogP contribution in [0.25, 0.3) is 0 Å². The molecule has 1 atom stereocenters. The molecule has 0 aromatic heterocycles. The maximum absolute atomic E-state index is 5.47. The van der Waals surface area contributed by atoms with Crippen LogP contribution in [0.5, 0.6) is 0 Å². The summed E-state index contributed by atoms with van der Waals surface area (Å²) < 4.78 is 5.47. The Morgan fingerprint density at radius 3 is 2.20 bits per heavy atom. The van der Waals surface area contributed by atoms with Gasteiger partial charge in [-0.25, -0.2) is 0 Å². The van der Waals surface area contributed by atoms with Gasteiger partial charge in [-0.15, -0.1) is 0 Å². The average molecular weight is 215 g/mol. The molecule has 0 bridgehead atoms. The molecular formula is C13H29NO. The largest absolute Gasteiger partial charge is 0.377 e. The van der Waals surface area contributed by atoms with Crippen molar-refractivity contribution < 1.29 is 4.74 Å². The third kappa shape index (κ3) is 11.8. The van der Waals surface area contributed by atoms with Crippen LogP contribution in [0.4, 0.5) is 0 Å². The topological polar surface area (TPSA) is 21.3 Å². The van der Waals surface area contributed by atoms with Crippen molar-refractivity contribution in [1.82, 2.24) is 5.32 Å². The summed E-state index contributed by atoms with van der Waals surface area (Å²) in [5, 5.41) is 3.49. The van der Waals surface area contributed by atoms with Crippen molar-refractivity contribution in [3.63, 3.8) is 0 Å². The Bertz CT molecular complexity index is 134. The van der Waals surface area contributed by atoms with E-state index in [1.54, 1.807) is 0 Å². The van der Waals surface area contributed by atoms with Gasteiger partial charge < -0.3 is 10.1 Å². The lowest BCUT2D eigenvalue weighted by atomic mass is 10.0. The highest BCUT2D eigenvalue weighted by atomic mass is 16.5. The molecule has 0 heterocycles. The second-order valence-electron chi connectivity index (χ2n) is 5.10. The van der Waals surface area contributed by atoms with E-state index in [2.05, 4.69) is 39.9 Å². The molecule has 0 aliphatic heterocycles. The minimum atomic E-state index is 0.350. The highest BCUT2D eigenvalue weighted by Crippen LogP contribution is 2.07. The third-order valence-corrected chi connectivity index (χ3v) is 2.46. The molecule has 0 spiro atoms. The van der Waals surface area contributed by atoms with Crippen molar-refractivity contribution in [2.24, 2.45) is 5.92 Å². The number of ether oxygens (including phenoxy) is 1. The zero-order valence-electron chi connectivity index (χ0n) is 11.2. The monoisotopic (exact) mass is 215 g/mol. The van der Waals surface area contributed by atoms with Gasteiger partial charge in [0.2, 0.25) is 0 Å². The van der Waals surface area contributed by atoms with Crippen LogP contribution in [0.3, 0.4) is 0 Å². The molecule has 1 unspecified atom stereocenters. The van der Waals surface area contributed by atoms with Crippen molar-refractivity contribution in [1.29, 1.82) is 0 Å². The number of nitrogens with one attached hydrogen (secondary N) is 1. The highest BCUT2D eigenvalue weighted by Gasteiger charge is 2.02. The number of rotatable bonds is 9. The van der Waals surface area contributed by atoms with Gasteiger partial charge in [-0.3, -0.25) is 0 Å². The molecule has 0 saturated carbocycles. The molecule has 0 amide bonds. The van der Waals surface area contributed by atoms with Crippen molar-refractivity contribution in [3.8, 4) is 0 Å². The Morgan fingerprint density at radius 1 is 1.00 bits per heavy atom. The molecule has 0 saturated heterocycles. The van der Waals surface area contributed by atoms with Gasteiger partial charge in [-0.1, -0.05) is 26.7 Å². The van der Waals surface area contributed by atoms with Gasteiger partial charge in [-0.2, -0.15) is 0 Å². The molecule has 0 radical (unpaired) electrons. The van der Waals surface area contributed by atoms with E-state index in [0.29, 0.717) is 12.1 Å². The van der Waals surface area contributed by atoms with Gasteiger partial charge in [0.15, 0.2) is 0 Å². The molecular weight excluding hydrogens is 186 g/mol. The molecule has 0 aliphatic rings. The van der Waals surface area contributed by atoms with E-state index in [1.807, 2.05) is 0 Å². The maximum atomic E-state index is 5.47. The van der Waals surface area contributed by atoms with Gasteiger partial charge in [0.1, 0.15) is 0 Å². The SMILES string of the molecule is CC(C)CCCC(C)NCCOC(C)C. The Labute approximate surface area is 95.8 Å². The molecule has 92 valence electrons. The fraction of sp³-hybridized carbons (Fsp3) is 1.00. The van der Waals surface area contributed by atoms with E-state index in [9.17, 15) is 0 Å². The van der Waals surface area contributed by atoms with E-state index in [4.69, 9.17) is 4.74 Å². The molecule has 0 rings (SSSR count). The summed E-state index contributed by atoms with van der Waals surface area (Å²) in [4.78, 5) is 0. The standard InChI is InChI=1S/C13H29NO/c1-11(2)7-6-8-13(5)14-9-10-15-12(3)4/h11-14H,6-10H2,1-5H3. The van der Waals surface area contributed by atoms with Crippen LogP contribution in [-0.4, -0.2) is 25.3 Å². The zero-order chi connectivity index (χ0) is 11.7. The van der Waals surface area contributed by atoms with Crippen molar-refractivity contribution in [2.75, 3.05) is 13.2 Å². The van der Waals surface area contributed by atoms with Crippen molar-refractivity contribution in [3.05, 3.63) is 0 Å². The van der Waals surface area contributed by atoms with Crippen LogP contribution in [0.1, 0.15) is 53.9 Å². The van der Waals surface area contributed by atoms with Crippen LogP contribution in [-0.2, 0) is 4.74 Å². The first-order chi connectivity index (χ1) is 7.02. The second kappa shape index (κ2) is 9.17. The van der Waals surface area contributed by atoms with E-state index in [0.717, 1.165) is 19.1 Å². The quantitative estimate of drug-likeness (QED) is 0.596. The lowest BCUT2D eigenvalue weighted by Gasteiger charge is -2.15. The molecule has 15 heavy (non-hydrogen) atoms. The smallest absolute Gasteiger partial charge is 0.0594 e. The molecule has 0 aliphatic carbocycles. The fourth-order valence-corrected chi connectivity index (χ4v) is 1.53. The minimum absolute atomic E-state index is 0.350. The first kappa shape index (κ1) is 14.9. The summed E-state index contributed by atoms with van der Waals surface area (Å²) in [5.41, 5.74) is 0. The van der Waals surface area contributed by atoms with Crippen molar-refractivity contribution in [2.45, 2.75) is 66.0 Å². The van der Waals surface area contributed by atoms with E-state index < -0.39 is 0 Å². The lowest BCUT2D eigenvalue weighted by Crippen LogP contribution is -2.30. The zero-order valence-corrected chi connectivity index (χ0v) is 11.2. The van der Waals surface area contributed by atoms with Gasteiger partial charge in [-0.05, 0) is 33.1 Å². The van der Waals surface area contributed by atoms with Gasteiger partial charge >= 0.3 is 0 Å². The van der Waals surface area contributed by atoms with Crippen LogP contribution >= 0.6 is 0 Å². The van der Waals surface area contributed by atoms with E-state index in [1.165, 1.54) is 19.3 Å². The number of hydrogen-bond donors (Lipinski definition) is 1. The van der Waals surface area contributed by atoms with Gasteiger partial charge in [0, 0.05) is 12.6 Å². The predicted octanol–water partition coefficient (Wildman–Crippen LogP) is 3.22. The van der Waals surface area contributed by atoms with Crippen LogP contribution < -0.4 is 5.32 Å². The summed E-state index contributed by atoms with van der Waals surface area (Å²) in [6.07, 6.45) is 4.30. The molecule has 2 heteroatoms. The molecule has 2 nitrogen and oxygen atoms in total. The number of hydrogen-bond acceptors (Lipinski definition) is 2. The summed E-state index contributed by atoms with van der Waals surface area (Å²) in [6, 6.07) is 0.625. The second-order valence-corrected chi connectivity index (χ2v) is 5.10. The fourth-order valence-electron chi connectivity index (χ4n) is 1.53. The molecule has 0 aromatic carbocycles. The third-order valence-electron chi connectivity index (χ3n) is 2.46. The Morgan fingerprint density at radius 2 is 1.67 bits per heavy atom. The Kier molecular flexibility index (Phi) is 9.12. The van der Waals surface area contributed by atoms with E-state index >= 15 is 0 Å². The van der Waals surface area contributed by atoms with E-state index in [-0.39, 0.29) is 0 Å². The van der Waals surface area contributed by atoms with Crippen LogP contribution in [0.15, 0.2) is 0 Å². The first-order valence-corrected chi connectivity index (χ1v) is 6.37. The summed E-state index contributed by atoms with van der Waals surface area (Å²) >= 11 is 0. The Hall–Kier alpha value is -0.0800. The lowest BCUT2D eigenvalue weighted by molar-refractivity contribution is 0.0794. The molecule has 1 N–H and O–H groups in total. The van der Waals surface area contributed by atoms with Crippen LogP contribution in [0.2, 0.25) is 0 Å². The predicted molar refractivity (Wildman–Crippen MR) is 67.2 cm³/mol. The maximum Gasteiger partial charge on any atom is 0.0594 e. The summed E-state index contributed by atoms with van der Waals surface area (Å²) in [6.45, 7) is 12.8. The van der Waals surface area contributed by atoms with Gasteiger partial charge in [0.05, 0.1) is 12.7 Å². The summed E-state index contributed by atoms with van der Waals surface area (Å²) in [5.74, 6) is 0.835. The minimum Gasteiger partial charge on any atom is -0.377 e. The molecule has 0 fully saturated rings. The first-order valence-electron chi connectivity index (χ1n) is 6.37. The highest BCUT2D eigenvalue weighted by molar-refractivity contribution is 4.61. The molecule has 0 aromatic rings. The van der Waals surface area contributed by atoms with Crippen LogP contribution in [0, 0.1) is 5.92 Å². The summed E-state index contributed by atoms with van der Waals surface area (Å²) in [7, 11) is 0. The average Bonchev–Trinajstić information content (AvgIpc) is 2.11.